The maximum Gasteiger partial charge on any atom is 0.0663 e. The van der Waals surface area contributed by atoms with E-state index in [0.717, 1.165) is 10.4 Å². The van der Waals surface area contributed by atoms with Crippen LogP contribution in [0.2, 0.25) is 5.02 Å². The van der Waals surface area contributed by atoms with Gasteiger partial charge in [-0.2, -0.15) is 0 Å². The lowest BCUT2D eigenvalue weighted by atomic mass is 10.1. The molecule has 4 heteroatoms. The molecule has 90 valence electrons. The molecule has 0 heterocycles. The molecule has 1 aromatic rings. The van der Waals surface area contributed by atoms with Crippen LogP contribution in [0, 0.1) is 0 Å². The molecule has 1 rings (SSSR count). The van der Waals surface area contributed by atoms with E-state index >= 15 is 0 Å². The molecule has 0 aliphatic carbocycles. The Hall–Kier alpha value is -0.250. The van der Waals surface area contributed by atoms with Crippen molar-refractivity contribution < 1.29 is 4.74 Å². The van der Waals surface area contributed by atoms with Crippen LogP contribution in [0.5, 0.6) is 0 Å². The van der Waals surface area contributed by atoms with Gasteiger partial charge in [0.15, 0.2) is 0 Å². The predicted octanol–water partition coefficient (Wildman–Crippen LogP) is 3.71. The Balaban J connectivity index is 2.93. The number of nitrogens with zero attached hydrogens (tertiary/aromatic N) is 1. The van der Waals surface area contributed by atoms with Gasteiger partial charge >= 0.3 is 0 Å². The zero-order valence-corrected chi connectivity index (χ0v) is 12.2. The smallest absolute Gasteiger partial charge is 0.0663 e. The summed E-state index contributed by atoms with van der Waals surface area (Å²) in [5, 5.41) is 1.57. The zero-order valence-electron chi connectivity index (χ0n) is 9.84. The number of rotatable bonds is 5. The number of methoxy groups -OCH3 is 1. The minimum atomic E-state index is 0.337. The summed E-state index contributed by atoms with van der Waals surface area (Å²) in [5.41, 5.74) is 2.38. The molecule has 2 nitrogen and oxygen atoms in total. The summed E-state index contributed by atoms with van der Waals surface area (Å²) in [7, 11) is 3.79. The van der Waals surface area contributed by atoms with Crippen LogP contribution in [-0.4, -0.2) is 26.8 Å². The summed E-state index contributed by atoms with van der Waals surface area (Å²) in [6, 6.07) is 6.29. The molecule has 0 aromatic heterocycles. The van der Waals surface area contributed by atoms with E-state index in [9.17, 15) is 0 Å². The first-order chi connectivity index (χ1) is 7.60. The molecule has 0 saturated carbocycles. The lowest BCUT2D eigenvalue weighted by Crippen LogP contribution is -2.33. The number of ether oxygens (including phenoxy) is 1. The normalized spacial score (nSPS) is 12.6. The van der Waals surface area contributed by atoms with E-state index in [1.165, 1.54) is 11.3 Å². The number of alkyl halides is 1. The average molecular weight is 307 g/mol. The summed E-state index contributed by atoms with van der Waals surface area (Å²) in [4.78, 5) is 2.20. The summed E-state index contributed by atoms with van der Waals surface area (Å²) in [6.07, 6.45) is 0. The maximum absolute atomic E-state index is 5.98. The molecule has 0 aliphatic rings. The summed E-state index contributed by atoms with van der Waals surface area (Å²) in [6.45, 7) is 2.84. The highest BCUT2D eigenvalue weighted by Crippen LogP contribution is 2.26. The summed E-state index contributed by atoms with van der Waals surface area (Å²) < 4.78 is 5.16. The van der Waals surface area contributed by atoms with Gasteiger partial charge < -0.3 is 9.64 Å². The second-order valence-corrected chi connectivity index (χ2v) is 4.82. The van der Waals surface area contributed by atoms with Gasteiger partial charge in [-0.3, -0.25) is 0 Å². The molecule has 1 aromatic carbocycles. The van der Waals surface area contributed by atoms with E-state index in [4.69, 9.17) is 16.3 Å². The monoisotopic (exact) mass is 305 g/mol. The highest BCUT2D eigenvalue weighted by molar-refractivity contribution is 9.08. The van der Waals surface area contributed by atoms with Crippen molar-refractivity contribution in [3.63, 3.8) is 0 Å². The minimum Gasteiger partial charge on any atom is -0.383 e. The first-order valence-corrected chi connectivity index (χ1v) is 6.66. The molecule has 0 amide bonds. The third-order valence-corrected chi connectivity index (χ3v) is 3.47. The maximum atomic E-state index is 5.98. The quantitative estimate of drug-likeness (QED) is 0.769. The molecule has 0 spiro atoms. The lowest BCUT2D eigenvalue weighted by Gasteiger charge is -2.28. The van der Waals surface area contributed by atoms with Gasteiger partial charge in [-0.25, -0.2) is 0 Å². The number of likely N-dealkylation sites (N-methyl/N-ethyl adjacent to an activating group) is 1. The highest BCUT2D eigenvalue weighted by atomic mass is 79.9. The van der Waals surface area contributed by atoms with E-state index in [0.29, 0.717) is 12.6 Å². The zero-order chi connectivity index (χ0) is 12.1. The first-order valence-electron chi connectivity index (χ1n) is 5.16. The van der Waals surface area contributed by atoms with Crippen molar-refractivity contribution in [1.29, 1.82) is 0 Å². The van der Waals surface area contributed by atoms with Crippen molar-refractivity contribution in [2.45, 2.75) is 18.3 Å². The van der Waals surface area contributed by atoms with Crippen molar-refractivity contribution in [2.24, 2.45) is 0 Å². The fraction of sp³-hybridized carbons (Fsp3) is 0.500. The number of hydrogen-bond donors (Lipinski definition) is 0. The van der Waals surface area contributed by atoms with Crippen LogP contribution >= 0.6 is 27.5 Å². The van der Waals surface area contributed by atoms with Crippen LogP contribution in [-0.2, 0) is 10.1 Å². The fourth-order valence-electron chi connectivity index (χ4n) is 1.60. The van der Waals surface area contributed by atoms with Crippen molar-refractivity contribution in [1.82, 2.24) is 0 Å². The molecule has 16 heavy (non-hydrogen) atoms. The number of halogens is 2. The Labute approximate surface area is 111 Å². The van der Waals surface area contributed by atoms with E-state index in [-0.39, 0.29) is 0 Å². The van der Waals surface area contributed by atoms with E-state index in [1.807, 2.05) is 18.2 Å². The highest BCUT2D eigenvalue weighted by Gasteiger charge is 2.13. The molecule has 0 bridgehead atoms. The molecule has 1 atom stereocenters. The second-order valence-electron chi connectivity index (χ2n) is 3.82. The summed E-state index contributed by atoms with van der Waals surface area (Å²) in [5.74, 6) is 0. The lowest BCUT2D eigenvalue weighted by molar-refractivity contribution is 0.183. The number of anilines is 1. The third-order valence-electron chi connectivity index (χ3n) is 2.63. The molecule has 0 N–H and O–H groups in total. The molecular weight excluding hydrogens is 289 g/mol. The fourth-order valence-corrected chi connectivity index (χ4v) is 2.24. The molecular formula is C12H17BrClNO. The van der Waals surface area contributed by atoms with Crippen LogP contribution in [0.4, 0.5) is 5.69 Å². The van der Waals surface area contributed by atoms with Gasteiger partial charge in [0.05, 0.1) is 6.61 Å². The molecule has 0 saturated heterocycles. The SMILES string of the molecule is COCC(C)N(C)c1ccc(Cl)cc1CBr. The minimum absolute atomic E-state index is 0.337. The van der Waals surface area contributed by atoms with Gasteiger partial charge in [0, 0.05) is 36.2 Å². The van der Waals surface area contributed by atoms with Gasteiger partial charge in [0.25, 0.3) is 0 Å². The number of benzene rings is 1. The standard InChI is InChI=1S/C12H17BrClNO/c1-9(8-16-3)15(2)12-5-4-11(14)6-10(12)7-13/h4-6,9H,7-8H2,1-3H3. The summed E-state index contributed by atoms with van der Waals surface area (Å²) >= 11 is 9.46. The van der Waals surface area contributed by atoms with Gasteiger partial charge in [-0.1, -0.05) is 27.5 Å². The second kappa shape index (κ2) is 6.48. The molecule has 0 fully saturated rings. The van der Waals surface area contributed by atoms with Gasteiger partial charge in [0.2, 0.25) is 0 Å². The van der Waals surface area contributed by atoms with Crippen molar-refractivity contribution >= 4 is 33.2 Å². The molecule has 1 unspecified atom stereocenters. The largest absolute Gasteiger partial charge is 0.383 e. The van der Waals surface area contributed by atoms with Crippen molar-refractivity contribution in [3.8, 4) is 0 Å². The third kappa shape index (κ3) is 3.37. The van der Waals surface area contributed by atoms with Crippen molar-refractivity contribution in [2.75, 3.05) is 25.7 Å². The molecule has 0 aliphatic heterocycles. The Kier molecular flexibility index (Phi) is 5.59. The van der Waals surface area contributed by atoms with E-state index in [1.54, 1.807) is 7.11 Å². The van der Waals surface area contributed by atoms with Crippen LogP contribution in [0.1, 0.15) is 12.5 Å². The average Bonchev–Trinajstić information content (AvgIpc) is 2.28. The Morgan fingerprint density at radius 1 is 1.50 bits per heavy atom. The Morgan fingerprint density at radius 2 is 2.19 bits per heavy atom. The topological polar surface area (TPSA) is 12.5 Å². The van der Waals surface area contributed by atoms with Crippen molar-refractivity contribution in [3.05, 3.63) is 28.8 Å². The van der Waals surface area contributed by atoms with Crippen LogP contribution in [0.25, 0.3) is 0 Å². The number of hydrogen-bond acceptors (Lipinski definition) is 2. The Bertz CT molecular complexity index is 346. The van der Waals surface area contributed by atoms with Crippen LogP contribution in [0.15, 0.2) is 18.2 Å². The van der Waals surface area contributed by atoms with Crippen LogP contribution in [0.3, 0.4) is 0 Å². The van der Waals surface area contributed by atoms with Gasteiger partial charge in [-0.05, 0) is 30.7 Å². The van der Waals surface area contributed by atoms with Gasteiger partial charge in [-0.15, -0.1) is 0 Å². The van der Waals surface area contributed by atoms with Gasteiger partial charge in [0.1, 0.15) is 0 Å². The van der Waals surface area contributed by atoms with E-state index < -0.39 is 0 Å². The van der Waals surface area contributed by atoms with E-state index in [2.05, 4.69) is 34.8 Å². The predicted molar refractivity (Wildman–Crippen MR) is 73.8 cm³/mol. The molecule has 0 radical (unpaired) electrons. The first kappa shape index (κ1) is 13.8. The van der Waals surface area contributed by atoms with Crippen LogP contribution < -0.4 is 4.90 Å². The Morgan fingerprint density at radius 3 is 2.75 bits per heavy atom.